The van der Waals surface area contributed by atoms with E-state index in [1.54, 1.807) is 26.0 Å². The Bertz CT molecular complexity index is 557. The van der Waals surface area contributed by atoms with E-state index >= 15 is 0 Å². The van der Waals surface area contributed by atoms with Crippen LogP contribution in [0.3, 0.4) is 0 Å². The van der Waals surface area contributed by atoms with Crippen LogP contribution in [0.15, 0.2) is 12.1 Å². The Labute approximate surface area is 135 Å². The van der Waals surface area contributed by atoms with E-state index in [2.05, 4.69) is 5.32 Å². The summed E-state index contributed by atoms with van der Waals surface area (Å²) in [6.45, 7) is 3.47. The predicted octanol–water partition coefficient (Wildman–Crippen LogP) is 1.94. The first-order chi connectivity index (χ1) is 10.8. The average molecular weight is 325 g/mol. The summed E-state index contributed by atoms with van der Waals surface area (Å²) in [6, 6.07) is 3.08. The van der Waals surface area contributed by atoms with Crippen molar-refractivity contribution in [2.75, 3.05) is 27.9 Å². The van der Waals surface area contributed by atoms with Gasteiger partial charge in [-0.2, -0.15) is 0 Å². The molecule has 0 aliphatic heterocycles. The van der Waals surface area contributed by atoms with Gasteiger partial charge in [-0.3, -0.25) is 9.59 Å². The number of methoxy groups -OCH3 is 3. The van der Waals surface area contributed by atoms with Gasteiger partial charge in [0.25, 0.3) is 5.91 Å². The molecule has 2 N–H and O–H groups in total. The number of carboxylic acid groups (broad SMARTS) is 1. The molecule has 0 fully saturated rings. The van der Waals surface area contributed by atoms with Crippen molar-refractivity contribution in [2.45, 2.75) is 20.3 Å². The van der Waals surface area contributed by atoms with Crippen molar-refractivity contribution in [1.29, 1.82) is 0 Å². The number of carbonyl (C=O) groups excluding carboxylic acids is 1. The standard InChI is InChI=1S/C16H23NO6/c1-16(2,15(19)20)6-7-17-14(18)10-8-11(21-3)13(23-5)12(9-10)22-4/h8-9H,6-7H2,1-5H3,(H,17,18)(H,19,20). The molecule has 0 unspecified atom stereocenters. The number of benzene rings is 1. The van der Waals surface area contributed by atoms with Crippen LogP contribution in [0.2, 0.25) is 0 Å². The third kappa shape index (κ3) is 4.51. The molecule has 0 saturated heterocycles. The quantitative estimate of drug-likeness (QED) is 0.758. The van der Waals surface area contributed by atoms with Gasteiger partial charge in [0, 0.05) is 12.1 Å². The Balaban J connectivity index is 2.86. The summed E-state index contributed by atoms with van der Waals surface area (Å²) in [5, 5.41) is 11.8. The fourth-order valence-corrected chi connectivity index (χ4v) is 1.91. The van der Waals surface area contributed by atoms with Crippen molar-refractivity contribution in [3.8, 4) is 17.2 Å². The molecule has 0 saturated carbocycles. The van der Waals surface area contributed by atoms with Crippen LogP contribution in [0, 0.1) is 5.41 Å². The Morgan fingerprint density at radius 2 is 1.61 bits per heavy atom. The van der Waals surface area contributed by atoms with Crippen LogP contribution < -0.4 is 19.5 Å². The molecule has 0 atom stereocenters. The molecule has 7 heteroatoms. The first-order valence-electron chi connectivity index (χ1n) is 7.08. The smallest absolute Gasteiger partial charge is 0.309 e. The van der Waals surface area contributed by atoms with E-state index in [1.165, 1.54) is 21.3 Å². The summed E-state index contributed by atoms with van der Waals surface area (Å²) in [5.74, 6) is -0.0886. The monoisotopic (exact) mass is 325 g/mol. The van der Waals surface area contributed by atoms with Crippen molar-refractivity contribution >= 4 is 11.9 Å². The average Bonchev–Trinajstić information content (AvgIpc) is 2.52. The molecule has 0 spiro atoms. The first kappa shape index (κ1) is 18.6. The van der Waals surface area contributed by atoms with E-state index in [4.69, 9.17) is 19.3 Å². The van der Waals surface area contributed by atoms with Gasteiger partial charge in [-0.15, -0.1) is 0 Å². The normalized spacial score (nSPS) is 10.8. The maximum Gasteiger partial charge on any atom is 0.309 e. The molecule has 1 aromatic rings. The van der Waals surface area contributed by atoms with Crippen LogP contribution in [0.4, 0.5) is 0 Å². The van der Waals surface area contributed by atoms with Crippen LogP contribution in [0.25, 0.3) is 0 Å². The van der Waals surface area contributed by atoms with Crippen LogP contribution in [0.5, 0.6) is 17.2 Å². The largest absolute Gasteiger partial charge is 0.493 e. The third-order valence-corrected chi connectivity index (χ3v) is 3.54. The highest BCUT2D eigenvalue weighted by Gasteiger charge is 2.26. The van der Waals surface area contributed by atoms with Crippen LogP contribution in [-0.4, -0.2) is 44.9 Å². The minimum atomic E-state index is -0.903. The molecule has 7 nitrogen and oxygen atoms in total. The minimum Gasteiger partial charge on any atom is -0.493 e. The highest BCUT2D eigenvalue weighted by Crippen LogP contribution is 2.38. The lowest BCUT2D eigenvalue weighted by Gasteiger charge is -2.19. The van der Waals surface area contributed by atoms with Gasteiger partial charge in [-0.25, -0.2) is 0 Å². The van der Waals surface area contributed by atoms with Gasteiger partial charge in [0.2, 0.25) is 5.75 Å². The molecular formula is C16H23NO6. The number of hydrogen-bond acceptors (Lipinski definition) is 5. The Morgan fingerprint density at radius 1 is 1.09 bits per heavy atom. The van der Waals surface area contributed by atoms with E-state index in [1.807, 2.05) is 0 Å². The van der Waals surface area contributed by atoms with Crippen molar-refractivity contribution in [3.05, 3.63) is 17.7 Å². The zero-order chi connectivity index (χ0) is 17.6. The summed E-state index contributed by atoms with van der Waals surface area (Å²) in [4.78, 5) is 23.3. The number of carbonyl (C=O) groups is 2. The second-order valence-corrected chi connectivity index (χ2v) is 5.61. The molecule has 0 aliphatic rings. The first-order valence-corrected chi connectivity index (χ1v) is 7.08. The molecule has 0 radical (unpaired) electrons. The van der Waals surface area contributed by atoms with Crippen molar-refractivity contribution < 1.29 is 28.9 Å². The summed E-state index contributed by atoms with van der Waals surface area (Å²) in [6.07, 6.45) is 0.318. The number of ether oxygens (including phenoxy) is 3. The SMILES string of the molecule is COc1cc(C(=O)NCCC(C)(C)C(=O)O)cc(OC)c1OC. The number of nitrogens with one attached hydrogen (secondary N) is 1. The Kier molecular flexibility index (Phi) is 6.24. The summed E-state index contributed by atoms with van der Waals surface area (Å²) < 4.78 is 15.6. The number of amides is 1. The van der Waals surface area contributed by atoms with Crippen LogP contribution in [0.1, 0.15) is 30.6 Å². The van der Waals surface area contributed by atoms with Crippen LogP contribution in [-0.2, 0) is 4.79 Å². The van der Waals surface area contributed by atoms with Gasteiger partial charge in [0.05, 0.1) is 26.7 Å². The molecule has 0 bridgehead atoms. The van der Waals surface area contributed by atoms with Gasteiger partial charge >= 0.3 is 5.97 Å². The lowest BCUT2D eigenvalue weighted by molar-refractivity contribution is -0.147. The highest BCUT2D eigenvalue weighted by atomic mass is 16.5. The predicted molar refractivity (Wildman–Crippen MR) is 84.5 cm³/mol. The van der Waals surface area contributed by atoms with E-state index in [0.717, 1.165) is 0 Å². The van der Waals surface area contributed by atoms with Gasteiger partial charge in [0.1, 0.15) is 0 Å². The topological polar surface area (TPSA) is 94.1 Å². The summed E-state index contributed by atoms with van der Waals surface area (Å²) in [7, 11) is 4.41. The third-order valence-electron chi connectivity index (χ3n) is 3.54. The maximum atomic E-state index is 12.2. The fourth-order valence-electron chi connectivity index (χ4n) is 1.91. The minimum absolute atomic E-state index is 0.245. The zero-order valence-corrected chi connectivity index (χ0v) is 14.1. The number of carboxylic acids is 1. The fraction of sp³-hybridized carbons (Fsp3) is 0.500. The molecule has 0 heterocycles. The molecule has 1 aromatic carbocycles. The van der Waals surface area contributed by atoms with E-state index in [-0.39, 0.29) is 12.5 Å². The Morgan fingerprint density at radius 3 is 2.00 bits per heavy atom. The Hall–Kier alpha value is -2.44. The van der Waals surface area contributed by atoms with Gasteiger partial charge < -0.3 is 24.6 Å². The molecule has 0 aliphatic carbocycles. The highest BCUT2D eigenvalue weighted by molar-refractivity contribution is 5.95. The van der Waals surface area contributed by atoms with Crippen LogP contribution >= 0.6 is 0 Å². The van der Waals surface area contributed by atoms with E-state index < -0.39 is 11.4 Å². The molecule has 1 rings (SSSR count). The molecule has 0 aromatic heterocycles. The second kappa shape index (κ2) is 7.71. The lowest BCUT2D eigenvalue weighted by Crippen LogP contribution is -2.32. The van der Waals surface area contributed by atoms with Gasteiger partial charge in [-0.1, -0.05) is 0 Å². The molecule has 1 amide bonds. The number of rotatable bonds is 8. The van der Waals surface area contributed by atoms with E-state index in [9.17, 15) is 9.59 Å². The number of hydrogen-bond donors (Lipinski definition) is 2. The van der Waals surface area contributed by atoms with Crippen molar-refractivity contribution in [2.24, 2.45) is 5.41 Å². The maximum absolute atomic E-state index is 12.2. The van der Waals surface area contributed by atoms with E-state index in [0.29, 0.717) is 29.2 Å². The molecule has 128 valence electrons. The summed E-state index contributed by atoms with van der Waals surface area (Å²) >= 11 is 0. The molecule has 23 heavy (non-hydrogen) atoms. The van der Waals surface area contributed by atoms with Crippen molar-refractivity contribution in [3.63, 3.8) is 0 Å². The zero-order valence-electron chi connectivity index (χ0n) is 14.1. The lowest BCUT2D eigenvalue weighted by atomic mass is 9.90. The summed E-state index contributed by atoms with van der Waals surface area (Å²) in [5.41, 5.74) is -0.560. The van der Waals surface area contributed by atoms with Gasteiger partial charge in [0.15, 0.2) is 11.5 Å². The second-order valence-electron chi connectivity index (χ2n) is 5.61. The van der Waals surface area contributed by atoms with Gasteiger partial charge in [-0.05, 0) is 32.4 Å². The molecular weight excluding hydrogens is 302 g/mol. The number of aliphatic carboxylic acids is 1. The van der Waals surface area contributed by atoms with Crippen molar-refractivity contribution in [1.82, 2.24) is 5.32 Å².